The van der Waals surface area contributed by atoms with Gasteiger partial charge in [-0.25, -0.2) is 9.48 Å². The van der Waals surface area contributed by atoms with Gasteiger partial charge in [0, 0.05) is 32.0 Å². The SMILES string of the molecule is CCCCn1c(N)c(N(CCC(C)C)Cc2ccc(-n3cccn3)cc2)c(=O)[nH]c1=O. The molecule has 3 N–H and O–H groups in total. The zero-order chi connectivity index (χ0) is 22.4. The molecule has 2 aromatic heterocycles. The summed E-state index contributed by atoms with van der Waals surface area (Å²) in [6.45, 7) is 8.01. The summed E-state index contributed by atoms with van der Waals surface area (Å²) < 4.78 is 3.27. The molecule has 0 radical (unpaired) electrons. The fraction of sp³-hybridized carbons (Fsp3) is 0.435. The van der Waals surface area contributed by atoms with Gasteiger partial charge in [0.1, 0.15) is 11.5 Å². The maximum absolute atomic E-state index is 12.8. The second kappa shape index (κ2) is 10.1. The maximum atomic E-state index is 12.8. The van der Waals surface area contributed by atoms with Crippen LogP contribution in [-0.4, -0.2) is 25.9 Å². The number of hydrogen-bond acceptors (Lipinski definition) is 5. The molecule has 0 saturated heterocycles. The highest BCUT2D eigenvalue weighted by Gasteiger charge is 2.19. The number of nitrogens with zero attached hydrogens (tertiary/aromatic N) is 4. The van der Waals surface area contributed by atoms with E-state index in [0.29, 0.717) is 31.2 Å². The minimum atomic E-state index is -0.452. The molecule has 8 nitrogen and oxygen atoms in total. The monoisotopic (exact) mass is 424 g/mol. The average Bonchev–Trinajstić information content (AvgIpc) is 3.27. The second-order valence-electron chi connectivity index (χ2n) is 8.22. The minimum Gasteiger partial charge on any atom is -0.383 e. The Labute approximate surface area is 182 Å². The lowest BCUT2D eigenvalue weighted by atomic mass is 10.1. The van der Waals surface area contributed by atoms with Gasteiger partial charge in [-0.05, 0) is 42.5 Å². The van der Waals surface area contributed by atoms with E-state index >= 15 is 0 Å². The lowest BCUT2D eigenvalue weighted by Gasteiger charge is -2.27. The molecule has 0 saturated carbocycles. The van der Waals surface area contributed by atoms with Crippen molar-refractivity contribution in [3.63, 3.8) is 0 Å². The van der Waals surface area contributed by atoms with Crippen LogP contribution in [0.3, 0.4) is 0 Å². The highest BCUT2D eigenvalue weighted by atomic mass is 16.2. The number of aromatic amines is 1. The molecule has 8 heteroatoms. The highest BCUT2D eigenvalue weighted by Crippen LogP contribution is 2.21. The molecule has 0 unspecified atom stereocenters. The quantitative estimate of drug-likeness (QED) is 0.520. The van der Waals surface area contributed by atoms with Crippen LogP contribution in [-0.2, 0) is 13.1 Å². The molecule has 1 aromatic carbocycles. The first kappa shape index (κ1) is 22.4. The van der Waals surface area contributed by atoms with Gasteiger partial charge in [0.05, 0.1) is 5.69 Å². The predicted octanol–water partition coefficient (Wildman–Crippen LogP) is 3.16. The Morgan fingerprint density at radius 3 is 2.55 bits per heavy atom. The number of nitrogens with one attached hydrogen (secondary N) is 1. The molecule has 3 aromatic rings. The van der Waals surface area contributed by atoms with Crippen molar-refractivity contribution in [1.82, 2.24) is 19.3 Å². The molecule has 31 heavy (non-hydrogen) atoms. The topological polar surface area (TPSA) is 102 Å². The van der Waals surface area contributed by atoms with Gasteiger partial charge in [-0.3, -0.25) is 14.3 Å². The van der Waals surface area contributed by atoms with Gasteiger partial charge in [0.25, 0.3) is 5.56 Å². The van der Waals surface area contributed by atoms with E-state index in [1.54, 1.807) is 10.9 Å². The molecule has 0 amide bonds. The highest BCUT2D eigenvalue weighted by molar-refractivity contribution is 5.62. The first-order valence-electron chi connectivity index (χ1n) is 10.9. The van der Waals surface area contributed by atoms with Crippen LogP contribution in [0.2, 0.25) is 0 Å². The molecule has 0 aliphatic heterocycles. The molecular formula is C23H32N6O2. The Hall–Kier alpha value is -3.29. The van der Waals surface area contributed by atoms with Crippen molar-refractivity contribution in [2.24, 2.45) is 5.92 Å². The number of aromatic nitrogens is 4. The van der Waals surface area contributed by atoms with E-state index in [1.165, 1.54) is 4.57 Å². The molecule has 0 bridgehead atoms. The molecule has 3 rings (SSSR count). The zero-order valence-electron chi connectivity index (χ0n) is 18.5. The summed E-state index contributed by atoms with van der Waals surface area (Å²) in [7, 11) is 0. The summed E-state index contributed by atoms with van der Waals surface area (Å²) in [6.07, 6.45) is 6.28. The number of unbranched alkanes of at least 4 members (excludes halogenated alkanes) is 1. The fourth-order valence-corrected chi connectivity index (χ4v) is 3.50. The lowest BCUT2D eigenvalue weighted by Crippen LogP contribution is -2.39. The Morgan fingerprint density at radius 2 is 1.94 bits per heavy atom. The maximum Gasteiger partial charge on any atom is 0.330 e. The van der Waals surface area contributed by atoms with Crippen molar-refractivity contribution in [3.05, 3.63) is 69.1 Å². The number of nitrogens with two attached hydrogens (primary N) is 1. The van der Waals surface area contributed by atoms with Crippen LogP contribution < -0.4 is 21.9 Å². The Balaban J connectivity index is 1.94. The standard InChI is InChI=1S/C23H32N6O2/c1-4-5-13-28-21(24)20(22(30)26-23(28)31)27(15-11-17(2)3)16-18-7-9-19(10-8-18)29-14-6-12-25-29/h6-10,12,14,17H,4-5,11,13,15-16,24H2,1-3H3,(H,26,30,31). The lowest BCUT2D eigenvalue weighted by molar-refractivity contribution is 0.565. The summed E-state index contributed by atoms with van der Waals surface area (Å²) in [5.74, 6) is 0.704. The molecular weight excluding hydrogens is 392 g/mol. The van der Waals surface area contributed by atoms with Crippen LogP contribution in [0.1, 0.15) is 45.6 Å². The van der Waals surface area contributed by atoms with Crippen molar-refractivity contribution in [3.8, 4) is 5.69 Å². The third-order valence-electron chi connectivity index (χ3n) is 5.32. The second-order valence-corrected chi connectivity index (χ2v) is 8.22. The van der Waals surface area contributed by atoms with Crippen LogP contribution in [0, 0.1) is 5.92 Å². The normalized spacial score (nSPS) is 11.2. The van der Waals surface area contributed by atoms with Crippen LogP contribution in [0.15, 0.2) is 52.3 Å². The van der Waals surface area contributed by atoms with Gasteiger partial charge in [-0.2, -0.15) is 5.10 Å². The summed E-state index contributed by atoms with van der Waals surface area (Å²) in [6, 6.07) is 9.93. The van der Waals surface area contributed by atoms with Gasteiger partial charge >= 0.3 is 5.69 Å². The zero-order valence-corrected chi connectivity index (χ0v) is 18.5. The van der Waals surface area contributed by atoms with E-state index in [2.05, 4.69) is 30.9 Å². The Kier molecular flexibility index (Phi) is 7.33. The van der Waals surface area contributed by atoms with Crippen molar-refractivity contribution in [2.75, 3.05) is 17.2 Å². The van der Waals surface area contributed by atoms with E-state index in [9.17, 15) is 9.59 Å². The molecule has 166 valence electrons. The number of H-pyrrole nitrogens is 1. The van der Waals surface area contributed by atoms with E-state index in [1.807, 2.05) is 41.4 Å². The van der Waals surface area contributed by atoms with E-state index in [4.69, 9.17) is 5.73 Å². The Bertz CT molecular complexity index is 1080. The molecule has 0 spiro atoms. The van der Waals surface area contributed by atoms with Crippen molar-refractivity contribution in [1.29, 1.82) is 0 Å². The van der Waals surface area contributed by atoms with Crippen molar-refractivity contribution >= 4 is 11.5 Å². The predicted molar refractivity (Wildman–Crippen MR) is 125 cm³/mol. The van der Waals surface area contributed by atoms with Gasteiger partial charge in [0.2, 0.25) is 0 Å². The van der Waals surface area contributed by atoms with Gasteiger partial charge in [-0.1, -0.05) is 39.3 Å². The summed E-state index contributed by atoms with van der Waals surface area (Å²) in [5, 5.41) is 4.25. The van der Waals surface area contributed by atoms with Crippen molar-refractivity contribution < 1.29 is 0 Å². The fourth-order valence-electron chi connectivity index (χ4n) is 3.50. The van der Waals surface area contributed by atoms with Crippen molar-refractivity contribution in [2.45, 2.75) is 53.1 Å². The van der Waals surface area contributed by atoms with Crippen LogP contribution in [0.25, 0.3) is 5.69 Å². The molecule has 0 aliphatic rings. The largest absolute Gasteiger partial charge is 0.383 e. The van der Waals surface area contributed by atoms with E-state index < -0.39 is 11.2 Å². The summed E-state index contributed by atoms with van der Waals surface area (Å²) >= 11 is 0. The smallest absolute Gasteiger partial charge is 0.330 e. The first-order chi connectivity index (χ1) is 14.9. The summed E-state index contributed by atoms with van der Waals surface area (Å²) in [4.78, 5) is 29.5. The van der Waals surface area contributed by atoms with E-state index in [-0.39, 0.29) is 5.82 Å². The number of anilines is 2. The third kappa shape index (κ3) is 5.45. The van der Waals surface area contributed by atoms with Gasteiger partial charge in [0.15, 0.2) is 0 Å². The first-order valence-corrected chi connectivity index (χ1v) is 10.9. The number of rotatable bonds is 10. The minimum absolute atomic E-state index is 0.235. The average molecular weight is 425 g/mol. The molecule has 0 atom stereocenters. The van der Waals surface area contributed by atoms with Gasteiger partial charge in [-0.15, -0.1) is 0 Å². The third-order valence-corrected chi connectivity index (χ3v) is 5.32. The Morgan fingerprint density at radius 1 is 1.19 bits per heavy atom. The molecule has 2 heterocycles. The molecule has 0 fully saturated rings. The number of benzene rings is 1. The van der Waals surface area contributed by atoms with Crippen LogP contribution in [0.4, 0.5) is 11.5 Å². The number of hydrogen-bond donors (Lipinski definition) is 2. The van der Waals surface area contributed by atoms with Gasteiger partial charge < -0.3 is 10.6 Å². The number of nitrogen functional groups attached to an aromatic ring is 1. The van der Waals surface area contributed by atoms with E-state index in [0.717, 1.165) is 30.5 Å². The molecule has 0 aliphatic carbocycles. The summed E-state index contributed by atoms with van der Waals surface area (Å²) in [5.41, 5.74) is 7.85. The van der Waals surface area contributed by atoms with Crippen LogP contribution >= 0.6 is 0 Å². The van der Waals surface area contributed by atoms with Crippen LogP contribution in [0.5, 0.6) is 0 Å².